The topological polar surface area (TPSA) is 143 Å². The fourth-order valence-corrected chi connectivity index (χ4v) is 0.797. The molecule has 0 fully saturated rings. The molecule has 0 aliphatic carbocycles. The molecule has 0 unspecified atom stereocenters. The molecule has 0 bridgehead atoms. The Morgan fingerprint density at radius 3 is 2.75 bits per heavy atom. The zero-order chi connectivity index (χ0) is 12.1. The van der Waals surface area contributed by atoms with E-state index in [2.05, 4.69) is 15.8 Å². The predicted molar refractivity (Wildman–Crippen MR) is 52.4 cm³/mol. The first kappa shape index (κ1) is 11.4. The van der Waals surface area contributed by atoms with Crippen LogP contribution in [0.4, 0.5) is 5.82 Å². The second kappa shape index (κ2) is 4.68. The van der Waals surface area contributed by atoms with Crippen molar-refractivity contribution in [3.05, 3.63) is 27.9 Å². The van der Waals surface area contributed by atoms with E-state index in [1.165, 1.54) is 12.1 Å². The van der Waals surface area contributed by atoms with Gasteiger partial charge in [0.15, 0.2) is 0 Å². The van der Waals surface area contributed by atoms with E-state index in [4.69, 9.17) is 0 Å². The Balaban J connectivity index is 2.60. The van der Waals surface area contributed by atoms with Crippen LogP contribution in [0.25, 0.3) is 0 Å². The average molecular weight is 225 g/mol. The van der Waals surface area contributed by atoms with Crippen molar-refractivity contribution in [1.82, 2.24) is 10.4 Å². The quantitative estimate of drug-likeness (QED) is 0.258. The summed E-state index contributed by atoms with van der Waals surface area (Å²) < 4.78 is 0. The van der Waals surface area contributed by atoms with Gasteiger partial charge in [-0.25, -0.2) is 10.4 Å². The Morgan fingerprint density at radius 2 is 2.25 bits per heavy atom. The highest BCUT2D eigenvalue weighted by molar-refractivity contribution is 6.34. The minimum absolute atomic E-state index is 0.206. The van der Waals surface area contributed by atoms with Crippen molar-refractivity contribution in [2.24, 2.45) is 10.8 Å². The Morgan fingerprint density at radius 1 is 1.56 bits per heavy atom. The van der Waals surface area contributed by atoms with Gasteiger partial charge >= 0.3 is 17.6 Å². The molecule has 9 heteroatoms. The van der Waals surface area contributed by atoms with Crippen LogP contribution in [0.2, 0.25) is 0 Å². The van der Waals surface area contributed by atoms with Gasteiger partial charge in [-0.2, -0.15) is 5.10 Å². The number of hydrogen-bond donors (Lipinski definition) is 3. The van der Waals surface area contributed by atoms with Crippen molar-refractivity contribution in [3.8, 4) is 0 Å². The van der Waals surface area contributed by atoms with Crippen LogP contribution in [0.15, 0.2) is 17.2 Å². The second-order valence-corrected chi connectivity index (χ2v) is 2.62. The van der Waals surface area contributed by atoms with E-state index >= 15 is 0 Å². The van der Waals surface area contributed by atoms with Crippen LogP contribution in [0, 0.1) is 10.1 Å². The molecule has 1 aromatic heterocycles. The number of amides is 2. The van der Waals surface area contributed by atoms with Crippen LogP contribution in [0.1, 0.15) is 5.69 Å². The zero-order valence-electron chi connectivity index (χ0n) is 7.84. The molecule has 4 N–H and O–H groups in total. The number of H-pyrrole nitrogens is 1. The highest BCUT2D eigenvalue weighted by Crippen LogP contribution is 2.07. The standard InChI is InChI=1S/C7H7N5O4/c8-6(13)7(14)11-9-3-4-1-2-5(10-4)12(15)16/h1-3,10H,(H2,8,13)(H,11,14)/b9-3+. The highest BCUT2D eigenvalue weighted by Gasteiger charge is 2.07. The fourth-order valence-electron chi connectivity index (χ4n) is 0.797. The summed E-state index contributed by atoms with van der Waals surface area (Å²) >= 11 is 0. The third kappa shape index (κ3) is 2.90. The summed E-state index contributed by atoms with van der Waals surface area (Å²) in [6.45, 7) is 0. The molecule has 16 heavy (non-hydrogen) atoms. The minimum Gasteiger partial charge on any atom is -0.361 e. The molecule has 2 amide bonds. The fraction of sp³-hybridized carbons (Fsp3) is 0. The van der Waals surface area contributed by atoms with Crippen molar-refractivity contribution in [3.63, 3.8) is 0 Å². The predicted octanol–water partition coefficient (Wildman–Crippen LogP) is -1.14. The molecule has 0 atom stereocenters. The van der Waals surface area contributed by atoms with E-state index in [0.29, 0.717) is 5.69 Å². The number of aromatic amines is 1. The lowest BCUT2D eigenvalue weighted by Crippen LogP contribution is -2.32. The number of carbonyl (C=O) groups excluding carboxylic acids is 2. The minimum atomic E-state index is -1.17. The molecule has 0 aromatic carbocycles. The van der Waals surface area contributed by atoms with Gasteiger partial charge in [-0.3, -0.25) is 9.59 Å². The molecule has 0 aliphatic rings. The van der Waals surface area contributed by atoms with E-state index < -0.39 is 16.7 Å². The molecule has 0 radical (unpaired) electrons. The van der Waals surface area contributed by atoms with Gasteiger partial charge in [0, 0.05) is 6.07 Å². The van der Waals surface area contributed by atoms with Crippen molar-refractivity contribution < 1.29 is 14.5 Å². The first-order valence-corrected chi connectivity index (χ1v) is 3.97. The summed E-state index contributed by atoms with van der Waals surface area (Å²) in [5.41, 5.74) is 6.77. The van der Waals surface area contributed by atoms with Gasteiger partial charge in [0.2, 0.25) is 0 Å². The van der Waals surface area contributed by atoms with Gasteiger partial charge in [-0.1, -0.05) is 0 Å². The second-order valence-electron chi connectivity index (χ2n) is 2.62. The smallest absolute Gasteiger partial charge is 0.329 e. The van der Waals surface area contributed by atoms with Gasteiger partial charge in [0.25, 0.3) is 0 Å². The van der Waals surface area contributed by atoms with Gasteiger partial charge in [0.05, 0.1) is 6.21 Å². The first-order chi connectivity index (χ1) is 7.50. The van der Waals surface area contributed by atoms with Crippen LogP contribution >= 0.6 is 0 Å². The van der Waals surface area contributed by atoms with Gasteiger partial charge in [-0.05, 0) is 11.0 Å². The maximum atomic E-state index is 10.6. The van der Waals surface area contributed by atoms with E-state index in [-0.39, 0.29) is 5.82 Å². The van der Waals surface area contributed by atoms with Crippen LogP contribution in [-0.4, -0.2) is 27.9 Å². The van der Waals surface area contributed by atoms with Gasteiger partial charge in [-0.15, -0.1) is 0 Å². The number of nitrogens with two attached hydrogens (primary N) is 1. The van der Waals surface area contributed by atoms with Crippen LogP contribution < -0.4 is 11.2 Å². The third-order valence-corrected chi connectivity index (χ3v) is 1.48. The molecule has 0 saturated heterocycles. The average Bonchev–Trinajstić information content (AvgIpc) is 2.66. The van der Waals surface area contributed by atoms with Crippen LogP contribution in [0.3, 0.4) is 0 Å². The maximum absolute atomic E-state index is 10.6. The van der Waals surface area contributed by atoms with Crippen LogP contribution in [0.5, 0.6) is 0 Å². The number of carbonyl (C=O) groups is 2. The largest absolute Gasteiger partial charge is 0.361 e. The molecule has 1 aromatic rings. The van der Waals surface area contributed by atoms with Crippen molar-refractivity contribution in [2.75, 3.05) is 0 Å². The number of nitro groups is 1. The van der Waals surface area contributed by atoms with E-state index in [1.54, 1.807) is 0 Å². The molecule has 84 valence electrons. The lowest BCUT2D eigenvalue weighted by atomic mass is 10.5. The number of aromatic nitrogens is 1. The molecular formula is C7H7N5O4. The highest BCUT2D eigenvalue weighted by atomic mass is 16.6. The molecular weight excluding hydrogens is 218 g/mol. The Bertz CT molecular complexity index is 463. The summed E-state index contributed by atoms with van der Waals surface area (Å²) in [4.78, 5) is 33.0. The van der Waals surface area contributed by atoms with Crippen molar-refractivity contribution in [1.29, 1.82) is 0 Å². The number of nitrogens with one attached hydrogen (secondary N) is 2. The van der Waals surface area contributed by atoms with E-state index in [0.717, 1.165) is 6.21 Å². The Hall–Kier alpha value is -2.71. The monoisotopic (exact) mass is 225 g/mol. The molecule has 0 aliphatic heterocycles. The summed E-state index contributed by atoms with van der Waals surface area (Å²) in [6, 6.07) is 2.62. The molecule has 1 heterocycles. The molecule has 0 saturated carbocycles. The lowest BCUT2D eigenvalue weighted by molar-refractivity contribution is -0.389. The summed E-state index contributed by atoms with van der Waals surface area (Å²) in [7, 11) is 0. The number of hydrogen-bond acceptors (Lipinski definition) is 5. The summed E-state index contributed by atoms with van der Waals surface area (Å²) in [5.74, 6) is -2.45. The summed E-state index contributed by atoms with van der Waals surface area (Å²) in [6.07, 6.45) is 1.10. The molecule has 9 nitrogen and oxygen atoms in total. The van der Waals surface area contributed by atoms with Crippen LogP contribution in [-0.2, 0) is 9.59 Å². The van der Waals surface area contributed by atoms with Gasteiger partial charge < -0.3 is 15.8 Å². The summed E-state index contributed by atoms with van der Waals surface area (Å²) in [5, 5.41) is 13.6. The number of primary amides is 1. The maximum Gasteiger partial charge on any atom is 0.329 e. The molecule has 1 rings (SSSR count). The lowest BCUT2D eigenvalue weighted by Gasteiger charge is -1.91. The van der Waals surface area contributed by atoms with E-state index in [9.17, 15) is 19.7 Å². The first-order valence-electron chi connectivity index (χ1n) is 3.97. The van der Waals surface area contributed by atoms with Gasteiger partial charge in [0.1, 0.15) is 5.69 Å². The van der Waals surface area contributed by atoms with Crippen molar-refractivity contribution >= 4 is 23.8 Å². The number of rotatable bonds is 3. The Kier molecular flexibility index (Phi) is 3.33. The van der Waals surface area contributed by atoms with Crippen molar-refractivity contribution in [2.45, 2.75) is 0 Å². The SMILES string of the molecule is NC(=O)C(=O)N/N=C/c1ccc([N+](=O)[O-])[nH]1. The molecule has 0 spiro atoms. The zero-order valence-corrected chi connectivity index (χ0v) is 7.84. The van der Waals surface area contributed by atoms with E-state index in [1.807, 2.05) is 5.43 Å². The third-order valence-electron chi connectivity index (χ3n) is 1.48. The number of hydrazone groups is 1. The number of nitrogens with zero attached hydrogens (tertiary/aromatic N) is 2. The Labute approximate surface area is 88.5 Å². The normalized spacial score (nSPS) is 10.2.